The molecular weight excluding hydrogens is 388 g/mol. The highest BCUT2D eigenvalue weighted by Gasteiger charge is 2.14. The van der Waals surface area contributed by atoms with Gasteiger partial charge < -0.3 is 14.6 Å². The van der Waals surface area contributed by atoms with E-state index in [0.717, 1.165) is 12.2 Å². The Labute approximate surface area is 172 Å². The molecule has 2 N–H and O–H groups in total. The third-order valence-electron chi connectivity index (χ3n) is 4.37. The second kappa shape index (κ2) is 8.20. The maximum absolute atomic E-state index is 12.3. The van der Waals surface area contributed by atoms with Gasteiger partial charge in [0.1, 0.15) is 22.8 Å². The summed E-state index contributed by atoms with van der Waals surface area (Å²) in [6, 6.07) is 16.5. The monoisotopic (exact) mass is 406 g/mol. The average molecular weight is 406 g/mol. The number of nitrogens with one attached hydrogen (secondary N) is 1. The maximum Gasteiger partial charge on any atom is 0.262 e. The third kappa shape index (κ3) is 4.14. The molecule has 1 aliphatic heterocycles. The van der Waals surface area contributed by atoms with Crippen LogP contribution in [0.1, 0.15) is 18.4 Å². The Morgan fingerprint density at radius 2 is 1.83 bits per heavy atom. The molecular formula is C22H18N2O4S. The molecule has 0 saturated carbocycles. The van der Waals surface area contributed by atoms with E-state index in [4.69, 9.17) is 21.7 Å². The fourth-order valence-corrected chi connectivity index (χ4v) is 3.24. The summed E-state index contributed by atoms with van der Waals surface area (Å²) < 4.78 is 12.7. The van der Waals surface area contributed by atoms with Crippen LogP contribution in [0.5, 0.6) is 17.4 Å². The predicted octanol–water partition coefficient (Wildman–Crippen LogP) is 5.06. The largest absolute Gasteiger partial charge is 0.494 e. The van der Waals surface area contributed by atoms with Crippen LogP contribution in [0.2, 0.25) is 0 Å². The number of para-hydroxylation sites is 1. The first kappa shape index (κ1) is 18.8. The summed E-state index contributed by atoms with van der Waals surface area (Å²) in [7, 11) is 0. The van der Waals surface area contributed by atoms with Crippen LogP contribution in [0, 0.1) is 4.77 Å². The molecule has 0 amide bonds. The van der Waals surface area contributed by atoms with Gasteiger partial charge in [0.25, 0.3) is 5.56 Å². The zero-order chi connectivity index (χ0) is 20.2. The van der Waals surface area contributed by atoms with Gasteiger partial charge in [0.15, 0.2) is 4.77 Å². The Hall–Kier alpha value is -3.58. The highest BCUT2D eigenvalue weighted by atomic mass is 32.1. The smallest absolute Gasteiger partial charge is 0.262 e. The molecule has 2 heterocycles. The van der Waals surface area contributed by atoms with Gasteiger partial charge in [0, 0.05) is 6.42 Å². The summed E-state index contributed by atoms with van der Waals surface area (Å²) in [6.07, 6.45) is 6.47. The van der Waals surface area contributed by atoms with Gasteiger partial charge in [-0.2, -0.15) is 0 Å². The van der Waals surface area contributed by atoms with E-state index >= 15 is 0 Å². The summed E-state index contributed by atoms with van der Waals surface area (Å²) in [5.74, 6) is 1.71. The van der Waals surface area contributed by atoms with Crippen molar-refractivity contribution in [3.63, 3.8) is 0 Å². The summed E-state index contributed by atoms with van der Waals surface area (Å²) in [5, 5.41) is 10.8. The summed E-state index contributed by atoms with van der Waals surface area (Å²) in [6.45, 7) is 0. The number of H-pyrrole nitrogens is 1. The molecule has 1 aliphatic rings. The Morgan fingerprint density at radius 1 is 1.10 bits per heavy atom. The van der Waals surface area contributed by atoms with E-state index in [0.29, 0.717) is 23.6 Å². The molecule has 6 nitrogen and oxygen atoms in total. The zero-order valence-corrected chi connectivity index (χ0v) is 16.2. The molecule has 0 bridgehead atoms. The maximum atomic E-state index is 12.3. The molecule has 0 radical (unpaired) electrons. The van der Waals surface area contributed by atoms with Gasteiger partial charge in [0.05, 0.1) is 11.9 Å². The van der Waals surface area contributed by atoms with E-state index in [1.165, 1.54) is 10.6 Å². The zero-order valence-electron chi connectivity index (χ0n) is 15.4. The molecule has 0 fully saturated rings. The molecule has 3 aromatic rings. The summed E-state index contributed by atoms with van der Waals surface area (Å²) >= 11 is 5.26. The molecule has 2 aromatic carbocycles. The molecule has 7 heteroatoms. The lowest BCUT2D eigenvalue weighted by Crippen LogP contribution is -2.16. The molecule has 29 heavy (non-hydrogen) atoms. The average Bonchev–Trinajstić information content (AvgIpc) is 2.74. The Balaban J connectivity index is 1.69. The number of nitrogens with zero attached hydrogens (tertiary/aromatic N) is 1. The van der Waals surface area contributed by atoms with Crippen LogP contribution in [-0.2, 0) is 4.74 Å². The minimum absolute atomic E-state index is 0.0912. The van der Waals surface area contributed by atoms with Crippen molar-refractivity contribution in [1.82, 2.24) is 9.55 Å². The SMILES string of the molecule is O=c1[nH]c(=S)n(-c2ccc(Oc3ccccc3)cc2)c(O)c1C=C1CCC=CO1. The molecule has 0 unspecified atom stereocenters. The van der Waals surface area contributed by atoms with E-state index in [1.54, 1.807) is 30.5 Å². The van der Waals surface area contributed by atoms with Gasteiger partial charge in [-0.05, 0) is 67.2 Å². The van der Waals surface area contributed by atoms with Gasteiger partial charge in [-0.3, -0.25) is 14.3 Å². The lowest BCUT2D eigenvalue weighted by Gasteiger charge is -2.14. The number of aromatic hydroxyl groups is 1. The van der Waals surface area contributed by atoms with E-state index in [-0.39, 0.29) is 16.2 Å². The Morgan fingerprint density at radius 3 is 2.52 bits per heavy atom. The Kier molecular flexibility index (Phi) is 5.31. The quantitative estimate of drug-likeness (QED) is 0.593. The number of benzene rings is 2. The second-order valence-corrected chi connectivity index (χ2v) is 6.77. The predicted molar refractivity (Wildman–Crippen MR) is 113 cm³/mol. The van der Waals surface area contributed by atoms with Gasteiger partial charge in [-0.1, -0.05) is 18.2 Å². The van der Waals surface area contributed by atoms with Gasteiger partial charge in [-0.25, -0.2) is 0 Å². The first-order chi connectivity index (χ1) is 14.1. The van der Waals surface area contributed by atoms with Crippen LogP contribution in [0.25, 0.3) is 11.8 Å². The fourth-order valence-electron chi connectivity index (χ4n) is 2.95. The van der Waals surface area contributed by atoms with Crippen LogP contribution < -0.4 is 10.3 Å². The van der Waals surface area contributed by atoms with Crippen molar-refractivity contribution >= 4 is 18.3 Å². The number of rotatable bonds is 4. The topological polar surface area (TPSA) is 76.5 Å². The highest BCUT2D eigenvalue weighted by Crippen LogP contribution is 2.26. The molecule has 0 atom stereocenters. The first-order valence-corrected chi connectivity index (χ1v) is 9.46. The lowest BCUT2D eigenvalue weighted by molar-refractivity contribution is 0.322. The molecule has 4 rings (SSSR count). The van der Waals surface area contributed by atoms with E-state index in [9.17, 15) is 9.90 Å². The minimum Gasteiger partial charge on any atom is -0.494 e. The number of allylic oxidation sites excluding steroid dienone is 2. The molecule has 0 saturated heterocycles. The summed E-state index contributed by atoms with van der Waals surface area (Å²) in [4.78, 5) is 14.9. The molecule has 146 valence electrons. The lowest BCUT2D eigenvalue weighted by atomic mass is 10.2. The normalized spacial score (nSPS) is 14.6. The van der Waals surface area contributed by atoms with Gasteiger partial charge in [0.2, 0.25) is 5.88 Å². The highest BCUT2D eigenvalue weighted by molar-refractivity contribution is 7.71. The van der Waals surface area contributed by atoms with E-state index < -0.39 is 5.56 Å². The van der Waals surface area contributed by atoms with Gasteiger partial charge in [-0.15, -0.1) is 0 Å². The second-order valence-electron chi connectivity index (χ2n) is 6.38. The van der Waals surface area contributed by atoms with Crippen molar-refractivity contribution in [3.05, 3.63) is 93.4 Å². The van der Waals surface area contributed by atoms with Crippen molar-refractivity contribution in [2.45, 2.75) is 12.8 Å². The van der Waals surface area contributed by atoms with Gasteiger partial charge >= 0.3 is 0 Å². The van der Waals surface area contributed by atoms with E-state index in [1.807, 2.05) is 36.4 Å². The van der Waals surface area contributed by atoms with Crippen LogP contribution in [-0.4, -0.2) is 14.7 Å². The van der Waals surface area contributed by atoms with Crippen molar-refractivity contribution < 1.29 is 14.6 Å². The fraction of sp³-hybridized carbons (Fsp3) is 0.0909. The number of hydrogen-bond donors (Lipinski definition) is 2. The first-order valence-electron chi connectivity index (χ1n) is 9.06. The van der Waals surface area contributed by atoms with Crippen molar-refractivity contribution in [3.8, 4) is 23.1 Å². The van der Waals surface area contributed by atoms with E-state index in [2.05, 4.69) is 4.98 Å². The standard InChI is InChI=1S/C22H18N2O4S/c25-20-19(14-18-8-4-5-13-27-18)21(26)24(22(29)23-20)15-9-11-17(12-10-15)28-16-6-2-1-3-7-16/h1-3,5-7,9-14,26H,4,8H2,(H,23,25,29). The number of ether oxygens (including phenoxy) is 2. The van der Waals surface area contributed by atoms with Crippen molar-refractivity contribution in [2.75, 3.05) is 0 Å². The molecule has 0 aliphatic carbocycles. The minimum atomic E-state index is -0.474. The Bertz CT molecular complexity index is 1190. The summed E-state index contributed by atoms with van der Waals surface area (Å²) in [5.41, 5.74) is 0.209. The van der Waals surface area contributed by atoms with Crippen molar-refractivity contribution in [1.29, 1.82) is 0 Å². The van der Waals surface area contributed by atoms with Crippen LogP contribution in [0.4, 0.5) is 0 Å². The number of hydrogen-bond acceptors (Lipinski definition) is 5. The number of aromatic nitrogens is 2. The van der Waals surface area contributed by atoms with Crippen LogP contribution >= 0.6 is 12.2 Å². The molecule has 0 spiro atoms. The molecule has 1 aromatic heterocycles. The number of aromatic amines is 1. The van der Waals surface area contributed by atoms with Crippen LogP contribution in [0.3, 0.4) is 0 Å². The van der Waals surface area contributed by atoms with Crippen LogP contribution in [0.15, 0.2) is 77.5 Å². The third-order valence-corrected chi connectivity index (χ3v) is 4.66. The van der Waals surface area contributed by atoms with Crippen molar-refractivity contribution in [2.24, 2.45) is 0 Å².